The summed E-state index contributed by atoms with van der Waals surface area (Å²) in [6.07, 6.45) is 0. The van der Waals surface area contributed by atoms with Gasteiger partial charge in [0.05, 0.1) is 19.3 Å². The zero-order valence-corrected chi connectivity index (χ0v) is 8.95. The standard InChI is InChI=1S/C8H11N3O3S/c1-4-9-8(15-11-4)10-6-3-14-2-5(6)7(12)13/h5-6H,2-3H2,1H3,(H,12,13)(H,9,10,11). The van der Waals surface area contributed by atoms with Crippen LogP contribution in [0.1, 0.15) is 5.82 Å². The second kappa shape index (κ2) is 4.11. The van der Waals surface area contributed by atoms with E-state index in [1.807, 2.05) is 0 Å². The third-order valence-corrected chi connectivity index (χ3v) is 2.97. The summed E-state index contributed by atoms with van der Waals surface area (Å²) in [5, 5.41) is 12.6. The van der Waals surface area contributed by atoms with E-state index in [4.69, 9.17) is 9.84 Å². The Hall–Kier alpha value is -1.21. The van der Waals surface area contributed by atoms with Crippen LogP contribution in [-0.4, -0.2) is 39.7 Å². The number of carboxylic acids is 1. The smallest absolute Gasteiger partial charge is 0.311 e. The highest BCUT2D eigenvalue weighted by Gasteiger charge is 2.34. The lowest BCUT2D eigenvalue weighted by Gasteiger charge is -2.13. The average molecular weight is 229 g/mol. The van der Waals surface area contributed by atoms with Crippen LogP contribution in [0, 0.1) is 12.8 Å². The molecule has 6 nitrogen and oxygen atoms in total. The first kappa shape index (κ1) is 10.3. The molecule has 0 aromatic carbocycles. The van der Waals surface area contributed by atoms with E-state index in [-0.39, 0.29) is 12.6 Å². The monoisotopic (exact) mass is 229 g/mol. The van der Waals surface area contributed by atoms with Crippen LogP contribution in [0.3, 0.4) is 0 Å². The van der Waals surface area contributed by atoms with Gasteiger partial charge >= 0.3 is 5.97 Å². The highest BCUT2D eigenvalue weighted by atomic mass is 32.1. The Kier molecular flexibility index (Phi) is 2.83. The number of hydrogen-bond acceptors (Lipinski definition) is 6. The molecule has 0 spiro atoms. The van der Waals surface area contributed by atoms with Crippen molar-refractivity contribution in [1.29, 1.82) is 0 Å². The minimum absolute atomic E-state index is 0.213. The van der Waals surface area contributed by atoms with Crippen LogP contribution in [0.15, 0.2) is 0 Å². The summed E-state index contributed by atoms with van der Waals surface area (Å²) in [5.74, 6) is -0.659. The average Bonchev–Trinajstić information content (AvgIpc) is 2.75. The SMILES string of the molecule is Cc1nsc(NC2COCC2C(=O)O)n1. The largest absolute Gasteiger partial charge is 0.481 e. The third kappa shape index (κ3) is 2.24. The first-order valence-electron chi connectivity index (χ1n) is 4.54. The molecule has 2 rings (SSSR count). The van der Waals surface area contributed by atoms with Gasteiger partial charge in [-0.2, -0.15) is 4.37 Å². The zero-order valence-electron chi connectivity index (χ0n) is 8.14. The number of rotatable bonds is 3. The van der Waals surface area contributed by atoms with E-state index < -0.39 is 11.9 Å². The van der Waals surface area contributed by atoms with Crippen LogP contribution in [-0.2, 0) is 9.53 Å². The lowest BCUT2D eigenvalue weighted by atomic mass is 10.1. The molecule has 1 fully saturated rings. The number of nitrogens with zero attached hydrogens (tertiary/aromatic N) is 2. The van der Waals surface area contributed by atoms with Crippen molar-refractivity contribution in [3.63, 3.8) is 0 Å². The molecule has 82 valence electrons. The van der Waals surface area contributed by atoms with Crippen LogP contribution in [0.5, 0.6) is 0 Å². The molecule has 0 radical (unpaired) electrons. The van der Waals surface area contributed by atoms with Gasteiger partial charge in [-0.15, -0.1) is 0 Å². The van der Waals surface area contributed by atoms with Gasteiger partial charge in [0.2, 0.25) is 5.13 Å². The van der Waals surface area contributed by atoms with Crippen LogP contribution in [0.2, 0.25) is 0 Å². The molecule has 15 heavy (non-hydrogen) atoms. The molecule has 2 unspecified atom stereocenters. The van der Waals surface area contributed by atoms with E-state index in [1.54, 1.807) is 6.92 Å². The molecule has 7 heteroatoms. The first-order chi connectivity index (χ1) is 7.16. The van der Waals surface area contributed by atoms with Crippen LogP contribution >= 0.6 is 11.5 Å². The molecule has 1 aromatic rings. The highest BCUT2D eigenvalue weighted by Crippen LogP contribution is 2.20. The number of anilines is 1. The summed E-state index contributed by atoms with van der Waals surface area (Å²) in [4.78, 5) is 15.0. The summed E-state index contributed by atoms with van der Waals surface area (Å²) in [6, 6.07) is -0.213. The molecule has 1 saturated heterocycles. The van der Waals surface area contributed by atoms with Gasteiger partial charge in [-0.1, -0.05) is 0 Å². The second-order valence-electron chi connectivity index (χ2n) is 3.38. The quantitative estimate of drug-likeness (QED) is 0.778. The van der Waals surface area contributed by atoms with Crippen molar-refractivity contribution in [1.82, 2.24) is 9.36 Å². The second-order valence-corrected chi connectivity index (χ2v) is 4.13. The minimum atomic E-state index is -0.841. The van der Waals surface area contributed by atoms with Gasteiger partial charge in [-0.05, 0) is 6.92 Å². The number of nitrogens with one attached hydrogen (secondary N) is 1. The first-order valence-corrected chi connectivity index (χ1v) is 5.31. The molecular weight excluding hydrogens is 218 g/mol. The summed E-state index contributed by atoms with van der Waals surface area (Å²) in [5.41, 5.74) is 0. The third-order valence-electron chi connectivity index (χ3n) is 2.23. The van der Waals surface area contributed by atoms with Crippen molar-refractivity contribution in [3.8, 4) is 0 Å². The van der Waals surface area contributed by atoms with Gasteiger partial charge in [-0.25, -0.2) is 4.98 Å². The zero-order chi connectivity index (χ0) is 10.8. The molecule has 2 atom stereocenters. The molecule has 0 amide bonds. The Labute approximate surface area is 90.5 Å². The van der Waals surface area contributed by atoms with Crippen molar-refractivity contribution < 1.29 is 14.6 Å². The number of carbonyl (C=O) groups is 1. The van der Waals surface area contributed by atoms with Gasteiger partial charge in [0, 0.05) is 11.5 Å². The fraction of sp³-hybridized carbons (Fsp3) is 0.625. The van der Waals surface area contributed by atoms with E-state index in [0.717, 1.165) is 0 Å². The van der Waals surface area contributed by atoms with Gasteiger partial charge in [0.1, 0.15) is 11.7 Å². The molecule has 1 aliphatic heterocycles. The van der Waals surface area contributed by atoms with Crippen LogP contribution < -0.4 is 5.32 Å². The molecule has 1 aliphatic rings. The molecule has 0 saturated carbocycles. The van der Waals surface area contributed by atoms with Crippen molar-refractivity contribution in [2.75, 3.05) is 18.5 Å². The maximum atomic E-state index is 10.9. The van der Waals surface area contributed by atoms with Gasteiger partial charge in [0.25, 0.3) is 0 Å². The van der Waals surface area contributed by atoms with Gasteiger partial charge < -0.3 is 15.2 Å². The van der Waals surface area contributed by atoms with Crippen molar-refractivity contribution >= 4 is 22.6 Å². The number of aromatic nitrogens is 2. The van der Waals surface area contributed by atoms with Crippen molar-refractivity contribution in [2.24, 2.45) is 5.92 Å². The number of carboxylic acid groups (broad SMARTS) is 1. The summed E-state index contributed by atoms with van der Waals surface area (Å²) in [7, 11) is 0. The van der Waals surface area contributed by atoms with E-state index in [2.05, 4.69) is 14.7 Å². The molecule has 0 bridgehead atoms. The molecule has 0 aliphatic carbocycles. The van der Waals surface area contributed by atoms with Crippen molar-refractivity contribution in [2.45, 2.75) is 13.0 Å². The lowest BCUT2D eigenvalue weighted by Crippen LogP contribution is -2.33. The van der Waals surface area contributed by atoms with E-state index >= 15 is 0 Å². The maximum absolute atomic E-state index is 10.9. The number of ether oxygens (including phenoxy) is 1. The Morgan fingerprint density at radius 1 is 1.67 bits per heavy atom. The normalized spacial score (nSPS) is 25.4. The van der Waals surface area contributed by atoms with Gasteiger partial charge in [-0.3, -0.25) is 4.79 Å². The number of aliphatic carboxylic acids is 1. The topological polar surface area (TPSA) is 84.3 Å². The van der Waals surface area contributed by atoms with E-state index in [0.29, 0.717) is 17.6 Å². The molecule has 2 N–H and O–H groups in total. The fourth-order valence-corrected chi connectivity index (χ4v) is 2.09. The van der Waals surface area contributed by atoms with E-state index in [1.165, 1.54) is 11.5 Å². The van der Waals surface area contributed by atoms with Crippen molar-refractivity contribution in [3.05, 3.63) is 5.82 Å². The van der Waals surface area contributed by atoms with E-state index in [9.17, 15) is 4.79 Å². The number of hydrogen-bond donors (Lipinski definition) is 2. The predicted molar refractivity (Wildman–Crippen MR) is 54.0 cm³/mol. The fourth-order valence-electron chi connectivity index (χ4n) is 1.45. The Bertz CT molecular complexity index is 368. The van der Waals surface area contributed by atoms with Gasteiger partial charge in [0.15, 0.2) is 0 Å². The molecular formula is C8H11N3O3S. The predicted octanol–water partition coefficient (Wildman–Crippen LogP) is 0.358. The Morgan fingerprint density at radius 3 is 3.07 bits per heavy atom. The molecule has 1 aromatic heterocycles. The highest BCUT2D eigenvalue weighted by molar-refractivity contribution is 7.09. The lowest BCUT2D eigenvalue weighted by molar-refractivity contribution is -0.141. The molecule has 2 heterocycles. The van der Waals surface area contributed by atoms with Crippen LogP contribution in [0.4, 0.5) is 5.13 Å². The minimum Gasteiger partial charge on any atom is -0.481 e. The summed E-state index contributed by atoms with van der Waals surface area (Å²) < 4.78 is 9.13. The number of aryl methyl sites for hydroxylation is 1. The van der Waals surface area contributed by atoms with Crippen LogP contribution in [0.25, 0.3) is 0 Å². The summed E-state index contributed by atoms with van der Waals surface area (Å²) >= 11 is 1.23. The Morgan fingerprint density at radius 2 is 2.47 bits per heavy atom. The summed E-state index contributed by atoms with van der Waals surface area (Å²) in [6.45, 7) is 2.45. The Balaban J connectivity index is 2.02. The maximum Gasteiger partial charge on any atom is 0.311 e.